The molecular formula is C21H22N8O4. The Morgan fingerprint density at radius 1 is 1.09 bits per heavy atom. The number of morpholine rings is 1. The topological polar surface area (TPSA) is 151 Å². The standard InChI is InChI=1S/C21H22N8O4/c30-18-16(7-4-8-17(18)29(31)32)14-23-27-20-24-19(22-13-15-5-2-1-3-6-15)25-21(26-20)28-9-11-33-12-10-28/h1-8,14,30H,9-13H2,(H2,22,24,25,26,27). The lowest BCUT2D eigenvalue weighted by Crippen LogP contribution is -2.37. The fraction of sp³-hybridized carbons (Fsp3) is 0.238. The number of anilines is 3. The van der Waals surface area contributed by atoms with Crippen LogP contribution in [-0.4, -0.2) is 57.5 Å². The van der Waals surface area contributed by atoms with Crippen LogP contribution >= 0.6 is 0 Å². The molecule has 0 amide bonds. The molecule has 3 N–H and O–H groups in total. The highest BCUT2D eigenvalue weighted by atomic mass is 16.6. The fourth-order valence-electron chi connectivity index (χ4n) is 3.14. The number of nitrogens with one attached hydrogen (secondary N) is 2. The third kappa shape index (κ3) is 5.68. The van der Waals surface area contributed by atoms with Gasteiger partial charge in [0.2, 0.25) is 23.6 Å². The summed E-state index contributed by atoms with van der Waals surface area (Å²) >= 11 is 0. The highest BCUT2D eigenvalue weighted by molar-refractivity contribution is 5.85. The smallest absolute Gasteiger partial charge is 0.311 e. The number of ether oxygens (including phenoxy) is 1. The van der Waals surface area contributed by atoms with Gasteiger partial charge in [-0.15, -0.1) is 0 Å². The van der Waals surface area contributed by atoms with Crippen molar-refractivity contribution in [1.29, 1.82) is 0 Å². The number of nitrogens with zero attached hydrogens (tertiary/aromatic N) is 6. The molecule has 0 atom stereocenters. The Labute approximate surface area is 189 Å². The van der Waals surface area contributed by atoms with Gasteiger partial charge in [0.25, 0.3) is 0 Å². The molecule has 0 radical (unpaired) electrons. The molecule has 3 aromatic rings. The Hall–Kier alpha value is -4.32. The van der Waals surface area contributed by atoms with E-state index in [-0.39, 0.29) is 11.5 Å². The van der Waals surface area contributed by atoms with Crippen molar-refractivity contribution in [1.82, 2.24) is 15.0 Å². The fourth-order valence-corrected chi connectivity index (χ4v) is 3.14. The second kappa shape index (κ2) is 10.3. The van der Waals surface area contributed by atoms with Crippen LogP contribution in [0.3, 0.4) is 0 Å². The Morgan fingerprint density at radius 3 is 2.61 bits per heavy atom. The minimum atomic E-state index is -0.661. The maximum Gasteiger partial charge on any atom is 0.311 e. The highest BCUT2D eigenvalue weighted by Crippen LogP contribution is 2.28. The molecule has 1 aliphatic heterocycles. The minimum absolute atomic E-state index is 0.182. The first-order valence-electron chi connectivity index (χ1n) is 10.2. The van der Waals surface area contributed by atoms with Crippen molar-refractivity contribution in [2.75, 3.05) is 41.9 Å². The molecule has 33 heavy (non-hydrogen) atoms. The predicted octanol–water partition coefficient (Wildman–Crippen LogP) is 2.38. The Balaban J connectivity index is 1.54. The predicted molar refractivity (Wildman–Crippen MR) is 123 cm³/mol. The molecule has 170 valence electrons. The molecule has 0 unspecified atom stereocenters. The molecule has 0 spiro atoms. The SMILES string of the molecule is O=[N+]([O-])c1cccc(C=NNc2nc(NCc3ccccc3)nc(N3CCOCC3)n2)c1O. The average Bonchev–Trinajstić information content (AvgIpc) is 2.85. The molecule has 1 saturated heterocycles. The van der Waals surface area contributed by atoms with E-state index in [9.17, 15) is 15.2 Å². The average molecular weight is 450 g/mol. The first kappa shape index (κ1) is 21.9. The summed E-state index contributed by atoms with van der Waals surface area (Å²) in [5.41, 5.74) is 3.56. The summed E-state index contributed by atoms with van der Waals surface area (Å²) < 4.78 is 5.40. The van der Waals surface area contributed by atoms with E-state index >= 15 is 0 Å². The molecule has 1 aromatic heterocycles. The van der Waals surface area contributed by atoms with Crippen molar-refractivity contribution in [3.05, 3.63) is 69.8 Å². The van der Waals surface area contributed by atoms with Gasteiger partial charge in [0.15, 0.2) is 0 Å². The first-order chi connectivity index (χ1) is 16.1. The van der Waals surface area contributed by atoms with Crippen molar-refractivity contribution in [3.63, 3.8) is 0 Å². The summed E-state index contributed by atoms with van der Waals surface area (Å²) in [6, 6.07) is 14.0. The third-order valence-corrected chi connectivity index (χ3v) is 4.82. The number of hydrazone groups is 1. The number of phenols is 1. The summed E-state index contributed by atoms with van der Waals surface area (Å²) in [5, 5.41) is 28.3. The molecule has 1 fully saturated rings. The van der Waals surface area contributed by atoms with Gasteiger partial charge in [0.05, 0.1) is 24.4 Å². The van der Waals surface area contributed by atoms with E-state index in [0.29, 0.717) is 44.7 Å². The first-order valence-corrected chi connectivity index (χ1v) is 10.2. The van der Waals surface area contributed by atoms with Gasteiger partial charge >= 0.3 is 5.69 Å². The van der Waals surface area contributed by atoms with Crippen molar-refractivity contribution in [2.24, 2.45) is 5.10 Å². The number of rotatable bonds is 8. The monoisotopic (exact) mass is 450 g/mol. The van der Waals surface area contributed by atoms with Crippen molar-refractivity contribution in [3.8, 4) is 5.75 Å². The zero-order valence-corrected chi connectivity index (χ0v) is 17.6. The van der Waals surface area contributed by atoms with Crippen molar-refractivity contribution < 1.29 is 14.8 Å². The van der Waals surface area contributed by atoms with Gasteiger partial charge in [-0.1, -0.05) is 36.4 Å². The van der Waals surface area contributed by atoms with Gasteiger partial charge < -0.3 is 20.1 Å². The van der Waals surface area contributed by atoms with Gasteiger partial charge in [-0.05, 0) is 11.6 Å². The summed E-state index contributed by atoms with van der Waals surface area (Å²) in [5.74, 6) is 0.553. The van der Waals surface area contributed by atoms with E-state index in [1.54, 1.807) is 0 Å². The van der Waals surface area contributed by atoms with Crippen LogP contribution < -0.4 is 15.6 Å². The number of hydrogen-bond donors (Lipinski definition) is 3. The summed E-state index contributed by atoms with van der Waals surface area (Å²) in [4.78, 5) is 25.6. The maximum atomic E-state index is 11.0. The molecule has 0 aliphatic carbocycles. The Kier molecular flexibility index (Phi) is 6.85. The lowest BCUT2D eigenvalue weighted by molar-refractivity contribution is -0.385. The molecule has 2 heterocycles. The summed E-state index contributed by atoms with van der Waals surface area (Å²) in [7, 11) is 0. The van der Waals surface area contributed by atoms with Crippen LogP contribution in [0, 0.1) is 10.1 Å². The molecule has 12 heteroatoms. The summed E-state index contributed by atoms with van der Waals surface area (Å²) in [6.45, 7) is 2.97. The number of phenolic OH excluding ortho intramolecular Hbond substituents is 1. The lowest BCUT2D eigenvalue weighted by atomic mass is 10.2. The van der Waals surface area contributed by atoms with Gasteiger partial charge in [-0.3, -0.25) is 10.1 Å². The Morgan fingerprint density at radius 2 is 1.85 bits per heavy atom. The van der Waals surface area contributed by atoms with Gasteiger partial charge in [-0.2, -0.15) is 20.1 Å². The number of nitro benzene ring substituents is 1. The molecule has 4 rings (SSSR count). The number of benzene rings is 2. The molecule has 0 saturated carbocycles. The second-order valence-electron chi connectivity index (χ2n) is 7.06. The van der Waals surface area contributed by atoms with Crippen LogP contribution in [0.2, 0.25) is 0 Å². The van der Waals surface area contributed by atoms with Crippen LogP contribution in [0.15, 0.2) is 53.6 Å². The van der Waals surface area contributed by atoms with Crippen LogP contribution in [0.1, 0.15) is 11.1 Å². The van der Waals surface area contributed by atoms with E-state index in [0.717, 1.165) is 5.56 Å². The van der Waals surface area contributed by atoms with E-state index in [1.807, 2.05) is 35.2 Å². The van der Waals surface area contributed by atoms with Gasteiger partial charge in [0.1, 0.15) is 0 Å². The number of aromatic hydroxyl groups is 1. The molecular weight excluding hydrogens is 428 g/mol. The third-order valence-electron chi connectivity index (χ3n) is 4.82. The van der Waals surface area contributed by atoms with Crippen LogP contribution in [0.25, 0.3) is 0 Å². The normalized spacial score (nSPS) is 13.8. The van der Waals surface area contributed by atoms with E-state index in [2.05, 4.69) is 30.8 Å². The van der Waals surface area contributed by atoms with Crippen LogP contribution in [-0.2, 0) is 11.3 Å². The lowest BCUT2D eigenvalue weighted by Gasteiger charge is -2.27. The van der Waals surface area contributed by atoms with Gasteiger partial charge in [0, 0.05) is 31.3 Å². The number of para-hydroxylation sites is 1. The van der Waals surface area contributed by atoms with E-state index in [4.69, 9.17) is 4.74 Å². The number of aromatic nitrogens is 3. The Bertz CT molecular complexity index is 1140. The van der Waals surface area contributed by atoms with Crippen molar-refractivity contribution >= 4 is 29.7 Å². The molecule has 1 aliphatic rings. The number of hydrogen-bond acceptors (Lipinski definition) is 11. The van der Waals surface area contributed by atoms with E-state index < -0.39 is 16.4 Å². The zero-order valence-electron chi connectivity index (χ0n) is 17.6. The largest absolute Gasteiger partial charge is 0.502 e. The molecule has 0 bridgehead atoms. The molecule has 2 aromatic carbocycles. The quantitative estimate of drug-likeness (QED) is 0.265. The van der Waals surface area contributed by atoms with Crippen molar-refractivity contribution in [2.45, 2.75) is 6.54 Å². The number of nitro groups is 1. The molecule has 12 nitrogen and oxygen atoms in total. The minimum Gasteiger partial charge on any atom is -0.502 e. The van der Waals surface area contributed by atoms with Gasteiger partial charge in [-0.25, -0.2) is 5.43 Å². The second-order valence-corrected chi connectivity index (χ2v) is 7.06. The zero-order chi connectivity index (χ0) is 23.0. The van der Waals surface area contributed by atoms with Crippen LogP contribution in [0.4, 0.5) is 23.5 Å². The highest BCUT2D eigenvalue weighted by Gasteiger charge is 2.17. The summed E-state index contributed by atoms with van der Waals surface area (Å²) in [6.07, 6.45) is 1.26. The maximum absolute atomic E-state index is 11.0. The van der Waals surface area contributed by atoms with E-state index in [1.165, 1.54) is 24.4 Å². The van der Waals surface area contributed by atoms with Crippen LogP contribution in [0.5, 0.6) is 5.75 Å².